The number of carboxylic acid groups (broad SMARTS) is 1. The van der Waals surface area contributed by atoms with Crippen LogP contribution in [-0.2, 0) is 0 Å². The van der Waals surface area contributed by atoms with E-state index < -0.39 is 5.97 Å². The summed E-state index contributed by atoms with van der Waals surface area (Å²) in [5, 5.41) is 12.2. The maximum Gasteiger partial charge on any atom is 0.339 e. The molecule has 0 bridgehead atoms. The Balaban J connectivity index is 1.84. The van der Waals surface area contributed by atoms with Crippen LogP contribution in [0, 0.1) is 0 Å². The molecule has 0 saturated heterocycles. The van der Waals surface area contributed by atoms with Crippen LogP contribution in [0.5, 0.6) is 0 Å². The van der Waals surface area contributed by atoms with Gasteiger partial charge in [0, 0.05) is 11.9 Å². The van der Waals surface area contributed by atoms with Gasteiger partial charge in [-0.1, -0.05) is 42.5 Å². The highest BCUT2D eigenvalue weighted by atomic mass is 16.4. The minimum atomic E-state index is -1.00. The number of pyridine rings is 1. The van der Waals surface area contributed by atoms with Crippen molar-refractivity contribution in [1.82, 2.24) is 4.98 Å². The molecule has 0 aliphatic rings. The maximum atomic E-state index is 11.2. The first-order valence-electron chi connectivity index (χ1n) is 6.85. The molecule has 0 aliphatic heterocycles. The second-order valence-electron chi connectivity index (χ2n) is 4.77. The van der Waals surface area contributed by atoms with Gasteiger partial charge in [0.15, 0.2) is 0 Å². The van der Waals surface area contributed by atoms with E-state index in [1.807, 2.05) is 54.6 Å². The molecule has 108 valence electrons. The van der Waals surface area contributed by atoms with Crippen molar-refractivity contribution in [3.05, 3.63) is 78.5 Å². The van der Waals surface area contributed by atoms with E-state index in [0.717, 1.165) is 16.8 Å². The molecule has 22 heavy (non-hydrogen) atoms. The van der Waals surface area contributed by atoms with Crippen LogP contribution in [0.2, 0.25) is 0 Å². The first-order valence-corrected chi connectivity index (χ1v) is 6.85. The van der Waals surface area contributed by atoms with Crippen molar-refractivity contribution in [3.8, 4) is 11.1 Å². The Kier molecular flexibility index (Phi) is 3.83. The van der Waals surface area contributed by atoms with Gasteiger partial charge in [-0.2, -0.15) is 0 Å². The normalized spacial score (nSPS) is 10.2. The summed E-state index contributed by atoms with van der Waals surface area (Å²) in [6.07, 6.45) is 1.56. The third-order valence-corrected chi connectivity index (χ3v) is 3.29. The van der Waals surface area contributed by atoms with E-state index in [4.69, 9.17) is 5.11 Å². The summed E-state index contributed by atoms with van der Waals surface area (Å²) in [5.74, 6) is -0.668. The number of nitrogens with one attached hydrogen (secondary N) is 1. The van der Waals surface area contributed by atoms with Crippen LogP contribution in [-0.4, -0.2) is 16.1 Å². The summed E-state index contributed by atoms with van der Waals surface area (Å²) in [7, 11) is 0. The van der Waals surface area contributed by atoms with Gasteiger partial charge < -0.3 is 10.4 Å². The molecule has 0 unspecified atom stereocenters. The highest BCUT2D eigenvalue weighted by Crippen LogP contribution is 2.23. The molecule has 1 heterocycles. The number of carbonyl (C=O) groups is 1. The number of benzene rings is 2. The van der Waals surface area contributed by atoms with Crippen molar-refractivity contribution in [2.45, 2.75) is 0 Å². The van der Waals surface area contributed by atoms with Crippen molar-refractivity contribution in [1.29, 1.82) is 0 Å². The second kappa shape index (κ2) is 6.10. The fraction of sp³-hybridized carbons (Fsp3) is 0. The standard InChI is InChI=1S/C18H14N2O2/c21-18(22)16-7-4-12-19-17(16)20-15-10-8-14(9-11-15)13-5-2-1-3-6-13/h1-12H,(H,19,20)(H,21,22). The Hall–Kier alpha value is -3.14. The second-order valence-corrected chi connectivity index (χ2v) is 4.77. The van der Waals surface area contributed by atoms with Crippen molar-refractivity contribution < 1.29 is 9.90 Å². The van der Waals surface area contributed by atoms with Crippen LogP contribution in [0.3, 0.4) is 0 Å². The molecule has 0 aliphatic carbocycles. The minimum absolute atomic E-state index is 0.148. The topological polar surface area (TPSA) is 62.2 Å². The summed E-state index contributed by atoms with van der Waals surface area (Å²) >= 11 is 0. The van der Waals surface area contributed by atoms with E-state index in [0.29, 0.717) is 5.82 Å². The Morgan fingerprint density at radius 2 is 1.55 bits per heavy atom. The lowest BCUT2D eigenvalue weighted by atomic mass is 10.1. The van der Waals surface area contributed by atoms with E-state index in [-0.39, 0.29) is 5.56 Å². The van der Waals surface area contributed by atoms with Gasteiger partial charge in [-0.25, -0.2) is 9.78 Å². The zero-order valence-electron chi connectivity index (χ0n) is 11.7. The molecule has 0 fully saturated rings. The first kappa shape index (κ1) is 13.8. The van der Waals surface area contributed by atoms with Crippen molar-refractivity contribution >= 4 is 17.5 Å². The van der Waals surface area contributed by atoms with Gasteiger partial charge in [0.05, 0.1) is 0 Å². The number of aromatic carboxylic acids is 1. The van der Waals surface area contributed by atoms with E-state index in [1.165, 1.54) is 6.07 Å². The van der Waals surface area contributed by atoms with E-state index in [2.05, 4.69) is 10.3 Å². The largest absolute Gasteiger partial charge is 0.478 e. The number of aromatic nitrogens is 1. The summed E-state index contributed by atoms with van der Waals surface area (Å²) in [4.78, 5) is 15.3. The molecule has 2 aromatic carbocycles. The monoisotopic (exact) mass is 290 g/mol. The summed E-state index contributed by atoms with van der Waals surface area (Å²) < 4.78 is 0. The third-order valence-electron chi connectivity index (χ3n) is 3.29. The smallest absolute Gasteiger partial charge is 0.339 e. The Labute approximate surface area is 128 Å². The molecule has 1 aromatic heterocycles. The molecule has 4 nitrogen and oxygen atoms in total. The molecule has 0 amide bonds. The molecule has 0 radical (unpaired) electrons. The molecule has 3 aromatic rings. The SMILES string of the molecule is O=C(O)c1cccnc1Nc1ccc(-c2ccccc2)cc1. The fourth-order valence-corrected chi connectivity index (χ4v) is 2.19. The van der Waals surface area contributed by atoms with Crippen molar-refractivity contribution in [3.63, 3.8) is 0 Å². The lowest BCUT2D eigenvalue weighted by Gasteiger charge is -2.09. The highest BCUT2D eigenvalue weighted by Gasteiger charge is 2.10. The number of nitrogens with zero attached hydrogens (tertiary/aromatic N) is 1. The van der Waals surface area contributed by atoms with E-state index in [1.54, 1.807) is 12.3 Å². The number of hydrogen-bond acceptors (Lipinski definition) is 3. The number of anilines is 2. The van der Waals surface area contributed by atoms with E-state index >= 15 is 0 Å². The molecule has 3 rings (SSSR count). The van der Waals surface area contributed by atoms with Gasteiger partial charge >= 0.3 is 5.97 Å². The Morgan fingerprint density at radius 3 is 2.23 bits per heavy atom. The molecular formula is C18H14N2O2. The van der Waals surface area contributed by atoms with Crippen LogP contribution < -0.4 is 5.32 Å². The summed E-state index contributed by atoms with van der Waals surface area (Å²) in [6.45, 7) is 0. The number of hydrogen-bond donors (Lipinski definition) is 2. The van der Waals surface area contributed by atoms with Gasteiger partial charge in [-0.05, 0) is 35.4 Å². The van der Waals surface area contributed by atoms with Gasteiger partial charge in [0.2, 0.25) is 0 Å². The maximum absolute atomic E-state index is 11.2. The lowest BCUT2D eigenvalue weighted by Crippen LogP contribution is -2.04. The first-order chi connectivity index (χ1) is 10.7. The quantitative estimate of drug-likeness (QED) is 0.756. The Morgan fingerprint density at radius 1 is 0.864 bits per heavy atom. The molecule has 0 saturated carbocycles. The third kappa shape index (κ3) is 2.96. The minimum Gasteiger partial charge on any atom is -0.478 e. The zero-order valence-corrected chi connectivity index (χ0v) is 11.7. The average Bonchev–Trinajstić information content (AvgIpc) is 2.57. The van der Waals surface area contributed by atoms with Gasteiger partial charge in [-0.3, -0.25) is 0 Å². The number of rotatable bonds is 4. The zero-order chi connectivity index (χ0) is 15.4. The van der Waals surface area contributed by atoms with Crippen molar-refractivity contribution in [2.75, 3.05) is 5.32 Å². The average molecular weight is 290 g/mol. The Bertz CT molecular complexity index is 784. The summed E-state index contributed by atoms with van der Waals surface area (Å²) in [5.41, 5.74) is 3.18. The summed E-state index contributed by atoms with van der Waals surface area (Å²) in [6, 6.07) is 21.0. The van der Waals surface area contributed by atoms with Crippen LogP contribution in [0.1, 0.15) is 10.4 Å². The predicted molar refractivity (Wildman–Crippen MR) is 86.4 cm³/mol. The van der Waals surface area contributed by atoms with Crippen LogP contribution in [0.15, 0.2) is 72.9 Å². The molecule has 4 heteroatoms. The van der Waals surface area contributed by atoms with Crippen LogP contribution in [0.4, 0.5) is 11.5 Å². The predicted octanol–water partition coefficient (Wildman–Crippen LogP) is 4.19. The van der Waals surface area contributed by atoms with Crippen molar-refractivity contribution in [2.24, 2.45) is 0 Å². The molecule has 0 atom stereocenters. The van der Waals surface area contributed by atoms with Crippen LogP contribution in [0.25, 0.3) is 11.1 Å². The van der Waals surface area contributed by atoms with Gasteiger partial charge in [0.1, 0.15) is 11.4 Å². The lowest BCUT2D eigenvalue weighted by molar-refractivity contribution is 0.0697. The molecular weight excluding hydrogens is 276 g/mol. The molecule has 2 N–H and O–H groups in total. The van der Waals surface area contributed by atoms with Gasteiger partial charge in [0.25, 0.3) is 0 Å². The van der Waals surface area contributed by atoms with E-state index in [9.17, 15) is 4.79 Å². The number of carboxylic acids is 1. The van der Waals surface area contributed by atoms with Crippen LogP contribution >= 0.6 is 0 Å². The molecule has 0 spiro atoms. The van der Waals surface area contributed by atoms with Gasteiger partial charge in [-0.15, -0.1) is 0 Å². The highest BCUT2D eigenvalue weighted by molar-refractivity contribution is 5.93. The fourth-order valence-electron chi connectivity index (χ4n) is 2.19.